The zero-order valence-corrected chi connectivity index (χ0v) is 15.5. The first-order valence-electron chi connectivity index (χ1n) is 9.70. The molecule has 1 aromatic carbocycles. The highest BCUT2D eigenvalue weighted by molar-refractivity contribution is 5.62. The number of hydrogen-bond donors (Lipinski definition) is 2. The topological polar surface area (TPSA) is 71.5 Å². The highest BCUT2D eigenvalue weighted by atomic mass is 16.8. The van der Waals surface area contributed by atoms with Crippen molar-refractivity contribution in [2.75, 3.05) is 19.1 Å². The second kappa shape index (κ2) is 6.74. The van der Waals surface area contributed by atoms with E-state index in [2.05, 4.69) is 20.8 Å². The van der Waals surface area contributed by atoms with Crippen LogP contribution in [-0.4, -0.2) is 34.5 Å². The molecule has 1 saturated heterocycles. The Morgan fingerprint density at radius 1 is 1.19 bits per heavy atom. The fraction of sp³-hybridized carbons (Fsp3) is 0.500. The van der Waals surface area contributed by atoms with Gasteiger partial charge in [-0.1, -0.05) is 0 Å². The van der Waals surface area contributed by atoms with E-state index in [1.54, 1.807) is 18.7 Å². The molecule has 1 spiro atoms. The van der Waals surface area contributed by atoms with Crippen LogP contribution in [-0.2, 0) is 4.84 Å². The summed E-state index contributed by atoms with van der Waals surface area (Å²) in [6.45, 7) is 0.859. The van der Waals surface area contributed by atoms with Gasteiger partial charge in [0.2, 0.25) is 0 Å². The van der Waals surface area contributed by atoms with Crippen molar-refractivity contribution in [3.8, 4) is 17.0 Å². The Morgan fingerprint density at radius 2 is 2.00 bits per heavy atom. The van der Waals surface area contributed by atoms with Crippen LogP contribution in [0.2, 0.25) is 0 Å². The van der Waals surface area contributed by atoms with E-state index in [9.17, 15) is 0 Å². The Hall–Kier alpha value is -2.22. The Balaban J connectivity index is 1.29. The average molecular weight is 367 g/mol. The maximum atomic E-state index is 6.34. The molecule has 0 radical (unpaired) electrons. The first kappa shape index (κ1) is 16.9. The van der Waals surface area contributed by atoms with Crippen LogP contribution in [0.15, 0.2) is 36.7 Å². The third-order valence-corrected chi connectivity index (χ3v) is 6.29. The van der Waals surface area contributed by atoms with Gasteiger partial charge in [-0.3, -0.25) is 10.3 Å². The molecule has 1 atom stereocenters. The highest BCUT2D eigenvalue weighted by Crippen LogP contribution is 2.50. The van der Waals surface area contributed by atoms with E-state index in [-0.39, 0.29) is 5.60 Å². The molecule has 0 unspecified atom stereocenters. The molecule has 3 saturated carbocycles. The molecule has 0 amide bonds. The predicted octanol–water partition coefficient (Wildman–Crippen LogP) is 3.18. The molecule has 142 valence electrons. The summed E-state index contributed by atoms with van der Waals surface area (Å²) in [5.41, 5.74) is 8.38. The van der Waals surface area contributed by atoms with Crippen LogP contribution in [0.25, 0.3) is 11.3 Å². The van der Waals surface area contributed by atoms with Gasteiger partial charge in [0.1, 0.15) is 23.5 Å². The van der Waals surface area contributed by atoms with Crippen molar-refractivity contribution in [3.05, 3.63) is 36.7 Å². The lowest BCUT2D eigenvalue weighted by Crippen LogP contribution is -2.50. The van der Waals surface area contributed by atoms with Gasteiger partial charge in [0, 0.05) is 18.2 Å². The summed E-state index contributed by atoms with van der Waals surface area (Å²) in [4.78, 5) is 15.1. The van der Waals surface area contributed by atoms with Crippen LogP contribution in [0.4, 0.5) is 5.82 Å². The molecular formula is C20H25N5O2. The minimum absolute atomic E-state index is 0.0555. The number of hydrazine groups is 2. The lowest BCUT2D eigenvalue weighted by molar-refractivity contribution is -0.235. The maximum absolute atomic E-state index is 6.34. The number of methoxy groups -OCH3 is 1. The summed E-state index contributed by atoms with van der Waals surface area (Å²) in [7, 11) is 1.66. The molecule has 2 heterocycles. The van der Waals surface area contributed by atoms with Crippen molar-refractivity contribution in [2.45, 2.75) is 37.7 Å². The van der Waals surface area contributed by atoms with Crippen LogP contribution in [0.1, 0.15) is 32.1 Å². The molecule has 27 heavy (non-hydrogen) atoms. The van der Waals surface area contributed by atoms with Crippen LogP contribution in [0.3, 0.4) is 0 Å². The lowest BCUT2D eigenvalue weighted by Gasteiger charge is -2.47. The third-order valence-electron chi connectivity index (χ3n) is 6.29. The number of aromatic nitrogens is 2. The standard InChI is InChI=1S/C20H25N5O2/c1-26-17-8-4-15(5-9-17)18-10-19(22-13-21-18)24-25-23-12-20(27-25)11-14-2-6-16(20)7-3-14/h4-5,8-10,13-14,16,23H,2-3,6-7,11-12H2,1H3,(H,21,22,24)/t14?,16?,20-/m0/s1. The number of benzene rings is 1. The van der Waals surface area contributed by atoms with Gasteiger partial charge in [-0.25, -0.2) is 15.4 Å². The smallest absolute Gasteiger partial charge is 0.147 e. The molecule has 1 aliphatic heterocycles. The van der Waals surface area contributed by atoms with E-state index < -0.39 is 0 Å². The molecule has 7 heteroatoms. The zero-order valence-electron chi connectivity index (χ0n) is 15.5. The number of rotatable bonds is 4. The number of hydrogen-bond acceptors (Lipinski definition) is 7. The van der Waals surface area contributed by atoms with Gasteiger partial charge in [-0.2, -0.15) is 0 Å². The number of anilines is 1. The molecule has 4 fully saturated rings. The first-order valence-corrected chi connectivity index (χ1v) is 9.70. The van der Waals surface area contributed by atoms with Gasteiger partial charge in [-0.15, -0.1) is 0 Å². The van der Waals surface area contributed by atoms with Gasteiger partial charge in [-0.05, 0) is 73.5 Å². The van der Waals surface area contributed by atoms with Gasteiger partial charge in [0.25, 0.3) is 0 Å². The molecule has 2 N–H and O–H groups in total. The minimum atomic E-state index is -0.0555. The van der Waals surface area contributed by atoms with Crippen molar-refractivity contribution in [1.29, 1.82) is 0 Å². The molecule has 7 nitrogen and oxygen atoms in total. The van der Waals surface area contributed by atoms with E-state index in [1.165, 1.54) is 25.7 Å². The van der Waals surface area contributed by atoms with Crippen molar-refractivity contribution in [3.63, 3.8) is 0 Å². The van der Waals surface area contributed by atoms with E-state index in [0.29, 0.717) is 11.7 Å². The van der Waals surface area contributed by atoms with Crippen molar-refractivity contribution < 1.29 is 9.57 Å². The number of nitrogens with zero attached hydrogens (tertiary/aromatic N) is 3. The van der Waals surface area contributed by atoms with Crippen molar-refractivity contribution in [1.82, 2.24) is 20.7 Å². The average Bonchev–Trinajstić information content (AvgIpc) is 3.11. The Morgan fingerprint density at radius 3 is 2.70 bits per heavy atom. The highest BCUT2D eigenvalue weighted by Gasteiger charge is 2.52. The van der Waals surface area contributed by atoms with Gasteiger partial charge >= 0.3 is 0 Å². The van der Waals surface area contributed by atoms with Crippen LogP contribution < -0.4 is 15.6 Å². The molecule has 6 rings (SSSR count). The van der Waals surface area contributed by atoms with Crippen LogP contribution in [0.5, 0.6) is 5.75 Å². The number of ether oxygens (including phenoxy) is 1. The zero-order chi connectivity index (χ0) is 18.3. The first-order chi connectivity index (χ1) is 13.2. The normalized spacial score (nSPS) is 30.0. The van der Waals surface area contributed by atoms with Crippen molar-refractivity contribution in [2.24, 2.45) is 11.8 Å². The Labute approximate surface area is 159 Å². The van der Waals surface area contributed by atoms with E-state index in [0.717, 1.165) is 35.9 Å². The maximum Gasteiger partial charge on any atom is 0.147 e. The monoisotopic (exact) mass is 367 g/mol. The molecule has 2 aromatic rings. The summed E-state index contributed by atoms with van der Waals surface area (Å²) >= 11 is 0. The Kier molecular flexibility index (Phi) is 4.22. The summed E-state index contributed by atoms with van der Waals surface area (Å²) in [6.07, 6.45) is 8.02. The molecule has 2 bridgehead atoms. The minimum Gasteiger partial charge on any atom is -0.497 e. The summed E-state index contributed by atoms with van der Waals surface area (Å²) in [5.74, 6) is 2.99. The lowest BCUT2D eigenvalue weighted by atomic mass is 9.62. The fourth-order valence-corrected chi connectivity index (χ4v) is 4.83. The second-order valence-corrected chi connectivity index (χ2v) is 7.84. The van der Waals surface area contributed by atoms with E-state index in [4.69, 9.17) is 9.57 Å². The number of fused-ring (bicyclic) bond motifs is 2. The van der Waals surface area contributed by atoms with Gasteiger partial charge in [0.05, 0.1) is 12.8 Å². The molecular weight excluding hydrogens is 342 g/mol. The van der Waals surface area contributed by atoms with Gasteiger partial charge in [0.15, 0.2) is 0 Å². The van der Waals surface area contributed by atoms with Crippen LogP contribution >= 0.6 is 0 Å². The largest absolute Gasteiger partial charge is 0.497 e. The third kappa shape index (κ3) is 3.16. The SMILES string of the molecule is COc1ccc(-c2cc(NN3NC[C@]4(CC5CCC4CC5)O3)ncn2)cc1. The second-order valence-electron chi connectivity index (χ2n) is 7.84. The molecule has 3 aliphatic carbocycles. The predicted molar refractivity (Wildman–Crippen MR) is 101 cm³/mol. The summed E-state index contributed by atoms with van der Waals surface area (Å²) < 4.78 is 5.22. The Bertz CT molecular complexity index is 806. The van der Waals surface area contributed by atoms with E-state index >= 15 is 0 Å². The molecule has 1 aromatic heterocycles. The van der Waals surface area contributed by atoms with Crippen molar-refractivity contribution >= 4 is 5.82 Å². The van der Waals surface area contributed by atoms with Gasteiger partial charge < -0.3 is 4.74 Å². The van der Waals surface area contributed by atoms with Crippen LogP contribution in [0, 0.1) is 11.8 Å². The molecule has 4 aliphatic rings. The fourth-order valence-electron chi connectivity index (χ4n) is 4.83. The van der Waals surface area contributed by atoms with E-state index in [1.807, 2.05) is 30.3 Å². The summed E-state index contributed by atoms with van der Waals surface area (Å²) in [5, 5.41) is 1.64. The quantitative estimate of drug-likeness (QED) is 0.860. The number of nitrogens with one attached hydrogen (secondary N) is 2. The summed E-state index contributed by atoms with van der Waals surface area (Å²) in [6, 6.07) is 9.76.